The van der Waals surface area contributed by atoms with Crippen LogP contribution in [0.2, 0.25) is 0 Å². The van der Waals surface area contributed by atoms with Crippen LogP contribution in [0.3, 0.4) is 0 Å². The van der Waals surface area contributed by atoms with E-state index in [-0.39, 0.29) is 0 Å². The summed E-state index contributed by atoms with van der Waals surface area (Å²) in [5.41, 5.74) is 23.8. The van der Waals surface area contributed by atoms with Gasteiger partial charge < -0.3 is 0 Å². The number of fused-ring (bicyclic) bond motifs is 5. The molecule has 0 aromatic heterocycles. The van der Waals surface area contributed by atoms with Gasteiger partial charge in [0.15, 0.2) is 0 Å². The molecule has 267 valence electrons. The van der Waals surface area contributed by atoms with Gasteiger partial charge in [0.2, 0.25) is 0 Å². The molecule has 0 fully saturated rings. The molecule has 0 bridgehead atoms. The van der Waals surface area contributed by atoms with Crippen molar-refractivity contribution in [2.45, 2.75) is 74.5 Å². The SMILES string of the molecule is CCCC1=Cc2c(-c3cccc(C)c3C)cccc2[CH]1[Zr]([c]1cccc2c1[SiH2]c1ccccc1-2)[CH]1C(CCC)=Cc2c(-c3cccc(C)c3C)cccc21. The van der Waals surface area contributed by atoms with E-state index in [0.29, 0.717) is 7.25 Å². The van der Waals surface area contributed by atoms with E-state index in [2.05, 4.69) is 169 Å². The van der Waals surface area contributed by atoms with Gasteiger partial charge in [0, 0.05) is 0 Å². The second-order valence-corrected chi connectivity index (χ2v) is 24.3. The van der Waals surface area contributed by atoms with Crippen LogP contribution >= 0.6 is 0 Å². The quantitative estimate of drug-likeness (QED) is 0.128. The van der Waals surface area contributed by atoms with Crippen molar-refractivity contribution < 1.29 is 21.8 Å². The fourth-order valence-electron chi connectivity index (χ4n) is 10.1. The Hall–Kier alpha value is -4.10. The molecule has 0 saturated heterocycles. The van der Waals surface area contributed by atoms with E-state index in [0.717, 1.165) is 12.8 Å². The summed E-state index contributed by atoms with van der Waals surface area (Å²) < 4.78 is 2.79. The van der Waals surface area contributed by atoms with Gasteiger partial charge in [-0.1, -0.05) is 0 Å². The summed E-state index contributed by atoms with van der Waals surface area (Å²) in [4.78, 5) is 0. The zero-order valence-electron chi connectivity index (χ0n) is 32.8. The molecule has 0 nitrogen and oxygen atoms in total. The molecule has 0 N–H and O–H groups in total. The molecule has 0 saturated carbocycles. The van der Waals surface area contributed by atoms with E-state index in [1.165, 1.54) is 74.0 Å². The minimum absolute atomic E-state index is 0.497. The Morgan fingerprint density at radius 2 is 0.944 bits per heavy atom. The summed E-state index contributed by atoms with van der Waals surface area (Å²) >= 11 is -2.81. The summed E-state index contributed by atoms with van der Waals surface area (Å²) in [7, 11) is -0.602. The molecule has 1 aliphatic heterocycles. The third-order valence-electron chi connectivity index (χ3n) is 13.0. The van der Waals surface area contributed by atoms with Crippen LogP contribution in [0.1, 0.15) is 91.3 Å². The standard InChI is InChI=1S/2C20H21.C12H9Si.Zr/c2*1-4-7-16-12-17-9-6-11-19(20(17)13-16)18-10-5-8-14(2)15(18)3;1-3-7-11-9(5-1)10-6-2-4-8-12(10)13-11;/h2*5-6,8-13H,4,7H2,1-3H3;1-7H,13H2;. The van der Waals surface area contributed by atoms with Crippen molar-refractivity contribution in [1.29, 1.82) is 0 Å². The van der Waals surface area contributed by atoms with Crippen LogP contribution in [0.15, 0.2) is 126 Å². The van der Waals surface area contributed by atoms with Gasteiger partial charge in [-0.15, -0.1) is 0 Å². The van der Waals surface area contributed by atoms with Crippen LogP contribution in [0, 0.1) is 27.7 Å². The topological polar surface area (TPSA) is 0 Å². The maximum absolute atomic E-state index is 2.81. The molecule has 0 spiro atoms. The van der Waals surface area contributed by atoms with Gasteiger partial charge in [-0.25, -0.2) is 0 Å². The van der Waals surface area contributed by atoms with Gasteiger partial charge in [-0.3, -0.25) is 0 Å². The normalized spacial score (nSPS) is 16.9. The van der Waals surface area contributed by atoms with Crippen molar-refractivity contribution in [2.24, 2.45) is 0 Å². The number of hydrogen-bond donors (Lipinski definition) is 0. The molecule has 9 rings (SSSR count). The van der Waals surface area contributed by atoms with Crippen molar-refractivity contribution in [3.05, 3.63) is 171 Å². The van der Waals surface area contributed by atoms with Gasteiger partial charge in [0.05, 0.1) is 0 Å². The van der Waals surface area contributed by atoms with Gasteiger partial charge in [-0.05, 0) is 0 Å². The maximum atomic E-state index is 2.68. The molecule has 6 aromatic rings. The molecule has 3 aliphatic rings. The molecule has 0 amide bonds. The number of allylic oxidation sites excluding steroid dienone is 2. The first-order chi connectivity index (χ1) is 26.4. The third-order valence-corrected chi connectivity index (χ3v) is 25.0. The first-order valence-electron chi connectivity index (χ1n) is 20.3. The predicted octanol–water partition coefficient (Wildman–Crippen LogP) is 11.5. The Kier molecular flexibility index (Phi) is 9.57. The number of rotatable bonds is 9. The molecular formula is C52H51SiZr. The summed E-state index contributed by atoms with van der Waals surface area (Å²) in [6.45, 7) is 13.9. The van der Waals surface area contributed by atoms with Crippen LogP contribution in [0.5, 0.6) is 0 Å². The Morgan fingerprint density at radius 3 is 1.50 bits per heavy atom. The molecule has 2 aliphatic carbocycles. The molecule has 2 heteroatoms. The van der Waals surface area contributed by atoms with Gasteiger partial charge in [0.25, 0.3) is 0 Å². The van der Waals surface area contributed by atoms with Crippen LogP contribution in [0.25, 0.3) is 45.5 Å². The zero-order valence-corrected chi connectivity index (χ0v) is 36.7. The molecule has 2 unspecified atom stereocenters. The molecular weight excluding hydrogens is 744 g/mol. The average molecular weight is 795 g/mol. The van der Waals surface area contributed by atoms with Crippen LogP contribution in [-0.2, 0) is 21.8 Å². The van der Waals surface area contributed by atoms with E-state index >= 15 is 0 Å². The average Bonchev–Trinajstić information content (AvgIpc) is 3.86. The molecule has 1 heterocycles. The van der Waals surface area contributed by atoms with Crippen molar-refractivity contribution in [1.82, 2.24) is 0 Å². The monoisotopic (exact) mass is 793 g/mol. The number of benzene rings is 6. The second-order valence-electron chi connectivity index (χ2n) is 16.0. The van der Waals surface area contributed by atoms with Crippen LogP contribution < -0.4 is 13.6 Å². The summed E-state index contributed by atoms with van der Waals surface area (Å²) in [6, 6.07) is 45.3. The Morgan fingerprint density at radius 1 is 0.481 bits per heavy atom. The first kappa shape index (κ1) is 35.6. The van der Waals surface area contributed by atoms with Gasteiger partial charge >= 0.3 is 336 Å². The summed E-state index contributed by atoms with van der Waals surface area (Å²) in [6.07, 6.45) is 10.0. The van der Waals surface area contributed by atoms with Crippen LogP contribution in [-0.4, -0.2) is 9.52 Å². The third kappa shape index (κ3) is 5.79. The first-order valence-corrected chi connectivity index (χ1v) is 25.7. The fraction of sp³-hybridized carbons (Fsp3) is 0.231. The Bertz CT molecular complexity index is 2390. The van der Waals surface area contributed by atoms with E-state index in [9.17, 15) is 0 Å². The molecule has 54 heavy (non-hydrogen) atoms. The molecule has 6 aromatic carbocycles. The van der Waals surface area contributed by atoms with Crippen molar-refractivity contribution in [2.75, 3.05) is 0 Å². The van der Waals surface area contributed by atoms with Crippen molar-refractivity contribution in [3.8, 4) is 33.4 Å². The summed E-state index contributed by atoms with van der Waals surface area (Å²) in [5, 5.41) is 3.39. The van der Waals surface area contributed by atoms with E-state index in [4.69, 9.17) is 0 Å². The Labute approximate surface area is 333 Å². The Balaban J connectivity index is 1.31. The van der Waals surface area contributed by atoms with Crippen molar-refractivity contribution >= 4 is 35.3 Å². The van der Waals surface area contributed by atoms with E-state index in [1.807, 2.05) is 0 Å². The molecule has 2 atom stereocenters. The van der Waals surface area contributed by atoms with Crippen LogP contribution in [0.4, 0.5) is 0 Å². The molecule has 0 radical (unpaired) electrons. The van der Waals surface area contributed by atoms with Gasteiger partial charge in [-0.2, -0.15) is 0 Å². The van der Waals surface area contributed by atoms with Gasteiger partial charge in [0.1, 0.15) is 0 Å². The fourth-order valence-corrected chi connectivity index (χ4v) is 24.1. The zero-order chi connectivity index (χ0) is 37.1. The predicted molar refractivity (Wildman–Crippen MR) is 233 cm³/mol. The number of hydrogen-bond acceptors (Lipinski definition) is 0. The second kappa shape index (κ2) is 14.5. The number of aryl methyl sites for hydroxylation is 2. The van der Waals surface area contributed by atoms with Crippen molar-refractivity contribution in [3.63, 3.8) is 0 Å². The summed E-state index contributed by atoms with van der Waals surface area (Å²) in [5.74, 6) is 0. The van der Waals surface area contributed by atoms with E-state index < -0.39 is 31.3 Å². The minimum atomic E-state index is -2.81. The van der Waals surface area contributed by atoms with E-state index in [1.54, 1.807) is 41.5 Å².